The standard InChI is InChI=1S/C22H24FN3O6/c1-13(24-9-2-3-10-24)22(31)32-12-11-25-17(27)8-7-16(20(25)29)26-19(28)14-5-4-6-15(23)18(14)21(26)30/h4-6,13,16H,2-3,7-12H2,1H3/t13-,16?/m0/s1. The summed E-state index contributed by atoms with van der Waals surface area (Å²) in [5.74, 6) is -4.13. The van der Waals surface area contributed by atoms with E-state index in [0.29, 0.717) is 0 Å². The number of fused-ring (bicyclic) bond motifs is 1. The topological polar surface area (TPSA) is 104 Å². The first-order valence-electron chi connectivity index (χ1n) is 10.7. The maximum atomic E-state index is 14.1. The molecule has 1 unspecified atom stereocenters. The number of ether oxygens (including phenoxy) is 1. The third kappa shape index (κ3) is 3.79. The number of esters is 1. The molecule has 1 aromatic carbocycles. The van der Waals surface area contributed by atoms with Crippen LogP contribution >= 0.6 is 0 Å². The molecule has 0 saturated carbocycles. The number of carbonyl (C=O) groups is 5. The molecule has 0 radical (unpaired) electrons. The maximum absolute atomic E-state index is 14.1. The number of nitrogens with zero attached hydrogens (tertiary/aromatic N) is 3. The number of carbonyl (C=O) groups excluding carboxylic acids is 5. The smallest absolute Gasteiger partial charge is 0.323 e. The number of piperidine rings is 1. The normalized spacial score (nSPS) is 22.5. The van der Waals surface area contributed by atoms with Crippen molar-refractivity contribution in [2.45, 2.75) is 44.7 Å². The summed E-state index contributed by atoms with van der Waals surface area (Å²) in [5, 5.41) is 0. The van der Waals surface area contributed by atoms with Gasteiger partial charge in [0.15, 0.2) is 0 Å². The van der Waals surface area contributed by atoms with Crippen LogP contribution in [0.3, 0.4) is 0 Å². The average molecular weight is 445 g/mol. The van der Waals surface area contributed by atoms with Gasteiger partial charge in [0, 0.05) is 6.42 Å². The van der Waals surface area contributed by atoms with Crippen molar-refractivity contribution in [2.75, 3.05) is 26.2 Å². The first kappa shape index (κ1) is 22.1. The highest BCUT2D eigenvalue weighted by atomic mass is 19.1. The minimum absolute atomic E-state index is 0.0347. The van der Waals surface area contributed by atoms with E-state index in [1.807, 2.05) is 4.90 Å². The van der Waals surface area contributed by atoms with Crippen molar-refractivity contribution in [1.82, 2.24) is 14.7 Å². The summed E-state index contributed by atoms with van der Waals surface area (Å²) < 4.78 is 19.4. The zero-order valence-corrected chi connectivity index (χ0v) is 17.7. The van der Waals surface area contributed by atoms with Gasteiger partial charge in [-0.05, 0) is 51.4 Å². The van der Waals surface area contributed by atoms with Crippen LogP contribution in [0.2, 0.25) is 0 Å². The molecule has 9 nitrogen and oxygen atoms in total. The summed E-state index contributed by atoms with van der Waals surface area (Å²) in [7, 11) is 0. The number of rotatable bonds is 6. The lowest BCUT2D eigenvalue weighted by Gasteiger charge is -2.34. The molecule has 2 saturated heterocycles. The van der Waals surface area contributed by atoms with Crippen molar-refractivity contribution in [1.29, 1.82) is 0 Å². The molecule has 170 valence electrons. The monoisotopic (exact) mass is 445 g/mol. The highest BCUT2D eigenvalue weighted by Crippen LogP contribution is 2.30. The Morgan fingerprint density at radius 2 is 1.88 bits per heavy atom. The van der Waals surface area contributed by atoms with Crippen LogP contribution in [0, 0.1) is 5.82 Å². The van der Waals surface area contributed by atoms with Crippen LogP contribution in [0.25, 0.3) is 0 Å². The Morgan fingerprint density at radius 1 is 1.16 bits per heavy atom. The quantitative estimate of drug-likeness (QED) is 0.475. The molecule has 2 fully saturated rings. The van der Waals surface area contributed by atoms with Gasteiger partial charge in [-0.3, -0.25) is 38.7 Å². The van der Waals surface area contributed by atoms with Gasteiger partial charge in [-0.1, -0.05) is 6.07 Å². The Balaban J connectivity index is 1.41. The Hall–Kier alpha value is -3.14. The lowest BCUT2D eigenvalue weighted by molar-refractivity contribution is -0.157. The predicted molar refractivity (Wildman–Crippen MR) is 108 cm³/mol. The molecule has 0 aromatic heterocycles. The molecule has 0 bridgehead atoms. The molecule has 10 heteroatoms. The first-order chi connectivity index (χ1) is 15.3. The Bertz CT molecular complexity index is 990. The van der Waals surface area contributed by atoms with E-state index in [1.54, 1.807) is 6.92 Å². The van der Waals surface area contributed by atoms with E-state index < -0.39 is 47.5 Å². The first-order valence-corrected chi connectivity index (χ1v) is 10.7. The van der Waals surface area contributed by atoms with Crippen molar-refractivity contribution < 1.29 is 33.1 Å². The van der Waals surface area contributed by atoms with Crippen molar-refractivity contribution in [3.05, 3.63) is 35.1 Å². The molecule has 4 rings (SSSR count). The molecule has 3 heterocycles. The molecule has 0 aliphatic carbocycles. The second-order valence-corrected chi connectivity index (χ2v) is 8.17. The molecule has 1 aromatic rings. The van der Waals surface area contributed by atoms with Gasteiger partial charge in [-0.2, -0.15) is 0 Å². The van der Waals surface area contributed by atoms with E-state index in [4.69, 9.17) is 4.74 Å². The predicted octanol–water partition coefficient (Wildman–Crippen LogP) is 0.967. The van der Waals surface area contributed by atoms with Crippen molar-refractivity contribution in [2.24, 2.45) is 0 Å². The van der Waals surface area contributed by atoms with E-state index in [9.17, 15) is 28.4 Å². The maximum Gasteiger partial charge on any atom is 0.323 e. The highest BCUT2D eigenvalue weighted by Gasteiger charge is 2.47. The molecule has 3 aliphatic heterocycles. The molecule has 2 atom stereocenters. The van der Waals surface area contributed by atoms with Crippen LogP contribution in [0.4, 0.5) is 4.39 Å². The molecular weight excluding hydrogens is 421 g/mol. The van der Waals surface area contributed by atoms with Gasteiger partial charge in [0.1, 0.15) is 24.5 Å². The molecule has 4 amide bonds. The number of halogens is 1. The lowest BCUT2D eigenvalue weighted by atomic mass is 10.0. The Morgan fingerprint density at radius 3 is 2.56 bits per heavy atom. The summed E-state index contributed by atoms with van der Waals surface area (Å²) in [6.45, 7) is 3.04. The fourth-order valence-electron chi connectivity index (χ4n) is 4.48. The average Bonchev–Trinajstić information content (AvgIpc) is 3.39. The van der Waals surface area contributed by atoms with Crippen molar-refractivity contribution >= 4 is 29.6 Å². The second kappa shape index (κ2) is 8.78. The van der Waals surface area contributed by atoms with E-state index in [1.165, 1.54) is 12.1 Å². The van der Waals surface area contributed by atoms with E-state index in [2.05, 4.69) is 0 Å². The van der Waals surface area contributed by atoms with Gasteiger partial charge in [0.05, 0.1) is 17.7 Å². The third-order valence-corrected chi connectivity index (χ3v) is 6.28. The van der Waals surface area contributed by atoms with E-state index in [-0.39, 0.29) is 37.1 Å². The van der Waals surface area contributed by atoms with E-state index in [0.717, 1.165) is 41.8 Å². The molecular formula is C22H24FN3O6. The highest BCUT2D eigenvalue weighted by molar-refractivity contribution is 6.23. The number of hydrogen-bond acceptors (Lipinski definition) is 7. The molecule has 0 spiro atoms. The van der Waals surface area contributed by atoms with Crippen LogP contribution < -0.4 is 0 Å². The van der Waals surface area contributed by atoms with Crippen molar-refractivity contribution in [3.8, 4) is 0 Å². The summed E-state index contributed by atoms with van der Waals surface area (Å²) in [4.78, 5) is 66.6. The summed E-state index contributed by atoms with van der Waals surface area (Å²) in [6.07, 6.45) is 1.95. The van der Waals surface area contributed by atoms with Crippen LogP contribution in [-0.2, 0) is 19.1 Å². The number of likely N-dealkylation sites (tertiary alicyclic amines) is 2. The molecule has 0 N–H and O–H groups in total. The summed E-state index contributed by atoms with van der Waals surface area (Å²) in [5.41, 5.74) is -0.463. The van der Waals surface area contributed by atoms with Crippen LogP contribution in [0.1, 0.15) is 53.3 Å². The van der Waals surface area contributed by atoms with Gasteiger partial charge >= 0.3 is 5.97 Å². The number of amides is 4. The minimum Gasteiger partial charge on any atom is -0.463 e. The second-order valence-electron chi connectivity index (χ2n) is 8.17. The van der Waals surface area contributed by atoms with Gasteiger partial charge < -0.3 is 4.74 Å². The van der Waals surface area contributed by atoms with Crippen LogP contribution in [0.15, 0.2) is 18.2 Å². The lowest BCUT2D eigenvalue weighted by Crippen LogP contribution is -2.56. The van der Waals surface area contributed by atoms with Crippen molar-refractivity contribution in [3.63, 3.8) is 0 Å². The third-order valence-electron chi connectivity index (χ3n) is 6.28. The van der Waals surface area contributed by atoms with E-state index >= 15 is 0 Å². The largest absolute Gasteiger partial charge is 0.463 e. The molecule has 32 heavy (non-hydrogen) atoms. The van der Waals surface area contributed by atoms with Crippen LogP contribution in [0.5, 0.6) is 0 Å². The zero-order chi connectivity index (χ0) is 23.0. The van der Waals surface area contributed by atoms with Gasteiger partial charge in [-0.25, -0.2) is 4.39 Å². The zero-order valence-electron chi connectivity index (χ0n) is 17.7. The Kier molecular flexibility index (Phi) is 6.05. The number of benzene rings is 1. The number of hydrogen-bond donors (Lipinski definition) is 0. The SMILES string of the molecule is C[C@@H](C(=O)OCCN1C(=O)CCC(N2C(=O)c3cccc(F)c3C2=O)C1=O)N1CCCC1. The van der Waals surface area contributed by atoms with Gasteiger partial charge in [0.2, 0.25) is 5.91 Å². The summed E-state index contributed by atoms with van der Waals surface area (Å²) in [6, 6.07) is 2.10. The fourth-order valence-corrected chi connectivity index (χ4v) is 4.48. The Labute approximate surface area is 184 Å². The number of imide groups is 2. The van der Waals surface area contributed by atoms with Crippen LogP contribution in [-0.4, -0.2) is 82.6 Å². The summed E-state index contributed by atoms with van der Waals surface area (Å²) >= 11 is 0. The molecule has 3 aliphatic rings. The van der Waals surface area contributed by atoms with Gasteiger partial charge in [0.25, 0.3) is 17.7 Å². The van der Waals surface area contributed by atoms with Gasteiger partial charge in [-0.15, -0.1) is 0 Å². The fraction of sp³-hybridized carbons (Fsp3) is 0.500. The minimum atomic E-state index is -1.21.